The Labute approximate surface area is 130 Å². The minimum Gasteiger partial charge on any atom is -0.460 e. The van der Waals surface area contributed by atoms with Crippen LogP contribution in [0, 0.1) is 0 Å². The Morgan fingerprint density at radius 1 is 1.19 bits per heavy atom. The van der Waals surface area contributed by atoms with Crippen molar-refractivity contribution in [2.24, 2.45) is 0 Å². The molecule has 4 heteroatoms. The maximum atomic E-state index is 12.2. The van der Waals surface area contributed by atoms with Crippen molar-refractivity contribution >= 4 is 17.3 Å². The van der Waals surface area contributed by atoms with Gasteiger partial charge in [0.2, 0.25) is 0 Å². The van der Waals surface area contributed by atoms with E-state index < -0.39 is 0 Å². The third-order valence-electron chi connectivity index (χ3n) is 3.87. The summed E-state index contributed by atoms with van der Waals surface area (Å²) in [7, 11) is 4.05. The Balaban J connectivity index is 2.16. The third kappa shape index (κ3) is 3.34. The highest BCUT2D eigenvalue weighted by atomic mass is 32.1. The zero-order valence-corrected chi connectivity index (χ0v) is 13.5. The molecule has 1 atom stereocenters. The summed E-state index contributed by atoms with van der Waals surface area (Å²) in [5.74, 6) is -0.271. The van der Waals surface area contributed by atoms with Crippen molar-refractivity contribution in [3.8, 4) is 0 Å². The second kappa shape index (κ2) is 6.87. The molecule has 1 unspecified atom stereocenters. The maximum Gasteiger partial charge on any atom is 0.338 e. The first-order valence-corrected chi connectivity index (χ1v) is 7.91. The topological polar surface area (TPSA) is 29.5 Å². The highest BCUT2D eigenvalue weighted by molar-refractivity contribution is 7.10. The smallest absolute Gasteiger partial charge is 0.338 e. The van der Waals surface area contributed by atoms with Crippen molar-refractivity contribution in [2.75, 3.05) is 20.7 Å². The summed E-state index contributed by atoms with van der Waals surface area (Å²) in [6.07, 6.45) is 0.878. The van der Waals surface area contributed by atoms with Gasteiger partial charge in [0.1, 0.15) is 6.61 Å². The molecule has 0 radical (unpaired) electrons. The Hall–Kier alpha value is -1.65. The molecule has 0 N–H and O–H groups in total. The zero-order valence-electron chi connectivity index (χ0n) is 12.7. The average Bonchev–Trinajstić information content (AvgIpc) is 3.03. The number of carbonyl (C=O) groups excluding carboxylic acids is 1. The van der Waals surface area contributed by atoms with Gasteiger partial charge in [0.15, 0.2) is 0 Å². The number of benzene rings is 1. The number of ether oxygens (including phenoxy) is 1. The van der Waals surface area contributed by atoms with Gasteiger partial charge >= 0.3 is 5.97 Å². The van der Waals surface area contributed by atoms with Gasteiger partial charge in [-0.1, -0.05) is 31.2 Å². The van der Waals surface area contributed by atoms with Crippen LogP contribution in [-0.2, 0) is 10.3 Å². The second-order valence-corrected chi connectivity index (χ2v) is 6.15. The summed E-state index contributed by atoms with van der Waals surface area (Å²) in [5.41, 5.74) is 0.325. The normalized spacial score (nSPS) is 13.9. The standard InChI is InChI=1S/C17H21NO2S/c1-4-17(18(2)3,15-11-8-12-21-15)13-20-16(19)14-9-6-5-7-10-14/h5-12H,4,13H2,1-3H3. The van der Waals surface area contributed by atoms with Crippen LogP contribution in [0.25, 0.3) is 0 Å². The average molecular weight is 303 g/mol. The van der Waals surface area contributed by atoms with Gasteiger partial charge in [0.05, 0.1) is 11.1 Å². The van der Waals surface area contributed by atoms with Crippen molar-refractivity contribution in [1.29, 1.82) is 0 Å². The van der Waals surface area contributed by atoms with Crippen molar-refractivity contribution in [3.63, 3.8) is 0 Å². The first-order valence-electron chi connectivity index (χ1n) is 7.04. The van der Waals surface area contributed by atoms with E-state index in [9.17, 15) is 4.79 Å². The molecule has 0 aliphatic rings. The van der Waals surface area contributed by atoms with E-state index in [0.717, 1.165) is 6.42 Å². The van der Waals surface area contributed by atoms with E-state index in [1.165, 1.54) is 4.88 Å². The molecular formula is C17H21NO2S. The molecule has 2 aromatic rings. The molecule has 0 fully saturated rings. The predicted octanol–water partition coefficient (Wildman–Crippen LogP) is 3.77. The molecule has 1 heterocycles. The SMILES string of the molecule is CCC(COC(=O)c1ccccc1)(c1cccs1)N(C)C. The van der Waals surface area contributed by atoms with Crippen molar-refractivity contribution in [3.05, 3.63) is 58.3 Å². The third-order valence-corrected chi connectivity index (χ3v) is 4.94. The summed E-state index contributed by atoms with van der Waals surface area (Å²) < 4.78 is 5.60. The molecule has 2 rings (SSSR count). The lowest BCUT2D eigenvalue weighted by molar-refractivity contribution is 0.0132. The van der Waals surface area contributed by atoms with Crippen LogP contribution >= 0.6 is 11.3 Å². The largest absolute Gasteiger partial charge is 0.460 e. The molecule has 1 aromatic carbocycles. The Morgan fingerprint density at radius 3 is 2.43 bits per heavy atom. The first kappa shape index (κ1) is 15.7. The van der Waals surface area contributed by atoms with Gasteiger partial charge in [-0.3, -0.25) is 4.90 Å². The van der Waals surface area contributed by atoms with Crippen molar-refractivity contribution in [2.45, 2.75) is 18.9 Å². The van der Waals surface area contributed by atoms with E-state index in [-0.39, 0.29) is 11.5 Å². The Morgan fingerprint density at radius 2 is 1.90 bits per heavy atom. The molecule has 112 valence electrons. The molecule has 1 aromatic heterocycles. The Bertz CT molecular complexity index is 566. The van der Waals surface area contributed by atoms with Crippen LogP contribution in [0.2, 0.25) is 0 Å². The number of carbonyl (C=O) groups is 1. The summed E-state index contributed by atoms with van der Waals surface area (Å²) in [5, 5.41) is 2.06. The quantitative estimate of drug-likeness (QED) is 0.761. The summed E-state index contributed by atoms with van der Waals surface area (Å²) in [6, 6.07) is 13.3. The lowest BCUT2D eigenvalue weighted by Gasteiger charge is -2.37. The van der Waals surface area contributed by atoms with Gasteiger partial charge in [0, 0.05) is 4.88 Å². The van der Waals surface area contributed by atoms with Crippen LogP contribution in [0.4, 0.5) is 0 Å². The lowest BCUT2D eigenvalue weighted by Crippen LogP contribution is -2.44. The Kier molecular flexibility index (Phi) is 5.15. The molecule has 0 amide bonds. The van der Waals surface area contributed by atoms with Gasteiger partial charge in [-0.15, -0.1) is 11.3 Å². The molecule has 0 bridgehead atoms. The van der Waals surface area contributed by atoms with Crippen molar-refractivity contribution < 1.29 is 9.53 Å². The summed E-state index contributed by atoms with van der Waals surface area (Å²) >= 11 is 1.70. The number of likely N-dealkylation sites (N-methyl/N-ethyl adjacent to an activating group) is 1. The van der Waals surface area contributed by atoms with E-state index in [1.807, 2.05) is 38.4 Å². The number of esters is 1. The molecule has 0 aliphatic carbocycles. The number of nitrogens with zero attached hydrogens (tertiary/aromatic N) is 1. The predicted molar refractivity (Wildman–Crippen MR) is 86.7 cm³/mol. The number of hydrogen-bond donors (Lipinski definition) is 0. The van der Waals surface area contributed by atoms with Crippen LogP contribution < -0.4 is 0 Å². The molecule has 21 heavy (non-hydrogen) atoms. The first-order chi connectivity index (χ1) is 10.1. The molecule has 0 saturated carbocycles. The maximum absolute atomic E-state index is 12.2. The fraction of sp³-hybridized carbons (Fsp3) is 0.353. The van der Waals surface area contributed by atoms with Crippen LogP contribution in [0.15, 0.2) is 47.8 Å². The van der Waals surface area contributed by atoms with Crippen LogP contribution in [-0.4, -0.2) is 31.6 Å². The molecule has 0 spiro atoms. The zero-order chi connectivity index (χ0) is 15.3. The highest BCUT2D eigenvalue weighted by Crippen LogP contribution is 2.34. The lowest BCUT2D eigenvalue weighted by atomic mass is 9.93. The summed E-state index contributed by atoms with van der Waals surface area (Å²) in [4.78, 5) is 15.5. The van der Waals surface area contributed by atoms with E-state index in [4.69, 9.17) is 4.74 Å². The second-order valence-electron chi connectivity index (χ2n) is 5.20. The van der Waals surface area contributed by atoms with E-state index in [0.29, 0.717) is 12.2 Å². The van der Waals surface area contributed by atoms with Crippen LogP contribution in [0.1, 0.15) is 28.6 Å². The van der Waals surface area contributed by atoms with Crippen molar-refractivity contribution in [1.82, 2.24) is 4.90 Å². The van der Waals surface area contributed by atoms with E-state index >= 15 is 0 Å². The summed E-state index contributed by atoms with van der Waals surface area (Å²) in [6.45, 7) is 2.47. The minimum absolute atomic E-state index is 0.265. The van der Waals surface area contributed by atoms with Crippen LogP contribution in [0.5, 0.6) is 0 Å². The van der Waals surface area contributed by atoms with Crippen LogP contribution in [0.3, 0.4) is 0 Å². The van der Waals surface area contributed by atoms with Gasteiger partial charge in [-0.2, -0.15) is 0 Å². The van der Waals surface area contributed by atoms with Gasteiger partial charge in [0.25, 0.3) is 0 Å². The number of thiophene rings is 1. The van der Waals surface area contributed by atoms with Gasteiger partial charge < -0.3 is 4.74 Å². The fourth-order valence-corrected chi connectivity index (χ4v) is 3.47. The van der Waals surface area contributed by atoms with E-state index in [2.05, 4.69) is 23.3 Å². The monoisotopic (exact) mass is 303 g/mol. The number of hydrogen-bond acceptors (Lipinski definition) is 4. The van der Waals surface area contributed by atoms with E-state index in [1.54, 1.807) is 23.5 Å². The number of rotatable bonds is 6. The molecule has 0 aliphatic heterocycles. The fourth-order valence-electron chi connectivity index (χ4n) is 2.40. The molecular weight excluding hydrogens is 282 g/mol. The molecule has 3 nitrogen and oxygen atoms in total. The highest BCUT2D eigenvalue weighted by Gasteiger charge is 2.35. The van der Waals surface area contributed by atoms with Gasteiger partial charge in [-0.25, -0.2) is 4.79 Å². The minimum atomic E-state index is -0.271. The van der Waals surface area contributed by atoms with Gasteiger partial charge in [-0.05, 0) is 44.1 Å². The molecule has 0 saturated heterocycles.